The van der Waals surface area contributed by atoms with Crippen LogP contribution in [0.4, 0.5) is 0 Å². The third-order valence-corrected chi connectivity index (χ3v) is 3.34. The lowest BCUT2D eigenvalue weighted by molar-refractivity contribution is 0.451. The number of hydrogen-bond acceptors (Lipinski definition) is 4. The molecule has 0 amide bonds. The van der Waals surface area contributed by atoms with Crippen LogP contribution in [0, 0.1) is 0 Å². The number of nitrogens with one attached hydrogen (secondary N) is 1. The second kappa shape index (κ2) is 5.92. The number of rotatable bonds is 5. The van der Waals surface area contributed by atoms with E-state index in [1.165, 1.54) is 17.7 Å². The molecule has 0 aliphatic heterocycles. The van der Waals surface area contributed by atoms with Crippen LogP contribution in [-0.2, 0) is 27.1 Å². The van der Waals surface area contributed by atoms with Gasteiger partial charge in [-0.15, -0.1) is 0 Å². The topological polar surface area (TPSA) is 69.2 Å². The normalized spacial score (nSPS) is 12.6. The van der Waals surface area contributed by atoms with Gasteiger partial charge in [-0.05, 0) is 19.1 Å². The van der Waals surface area contributed by atoms with Gasteiger partial charge in [0.05, 0.1) is 6.26 Å². The Morgan fingerprint density at radius 2 is 2.05 bits per heavy atom. The van der Waals surface area contributed by atoms with E-state index < -0.39 is 0 Å². The van der Waals surface area contributed by atoms with Crippen molar-refractivity contribution in [1.29, 1.82) is 0 Å². The van der Waals surface area contributed by atoms with E-state index in [2.05, 4.69) is 5.32 Å². The molecule has 2 heterocycles. The Bertz CT molecular complexity index is 683. The summed E-state index contributed by atoms with van der Waals surface area (Å²) < 4.78 is 7.86. The van der Waals surface area contributed by atoms with Gasteiger partial charge < -0.3 is 9.73 Å². The molecule has 2 rings (SSSR count). The highest BCUT2D eigenvalue weighted by Gasteiger charge is 2.09. The minimum absolute atomic E-state index is 0.181. The van der Waals surface area contributed by atoms with Crippen LogP contribution in [0.15, 0.2) is 38.5 Å². The largest absolute Gasteiger partial charge is 0.469 e. The van der Waals surface area contributed by atoms with Gasteiger partial charge in [0.25, 0.3) is 5.56 Å². The molecule has 0 aromatic carbocycles. The van der Waals surface area contributed by atoms with Gasteiger partial charge in [0.15, 0.2) is 0 Å². The van der Waals surface area contributed by atoms with Crippen molar-refractivity contribution < 1.29 is 4.42 Å². The van der Waals surface area contributed by atoms with Gasteiger partial charge in [-0.1, -0.05) is 0 Å². The first kappa shape index (κ1) is 14.3. The third kappa shape index (κ3) is 3.08. The lowest BCUT2D eigenvalue weighted by atomic mass is 10.2. The van der Waals surface area contributed by atoms with Gasteiger partial charge >= 0.3 is 5.69 Å². The van der Waals surface area contributed by atoms with Crippen molar-refractivity contribution in [1.82, 2.24) is 14.5 Å². The minimum atomic E-state index is -0.312. The monoisotopic (exact) mass is 277 g/mol. The smallest absolute Gasteiger partial charge is 0.330 e. The van der Waals surface area contributed by atoms with E-state index in [4.69, 9.17) is 4.42 Å². The molecule has 0 radical (unpaired) electrons. The first-order chi connectivity index (χ1) is 9.49. The average Bonchev–Trinajstić information content (AvgIpc) is 2.92. The van der Waals surface area contributed by atoms with Crippen LogP contribution >= 0.6 is 0 Å². The van der Waals surface area contributed by atoms with Gasteiger partial charge in [0, 0.05) is 44.9 Å². The van der Waals surface area contributed by atoms with Crippen LogP contribution in [0.25, 0.3) is 0 Å². The SMILES string of the molecule is CC(Cc1ccco1)NCc1cc(=O)n(C)c(=O)n1C. The molecule has 0 aliphatic carbocycles. The number of furan rings is 1. The quantitative estimate of drug-likeness (QED) is 0.859. The molecule has 1 N–H and O–H groups in total. The molecule has 20 heavy (non-hydrogen) atoms. The second-order valence-electron chi connectivity index (χ2n) is 4.94. The van der Waals surface area contributed by atoms with Gasteiger partial charge in [-0.3, -0.25) is 13.9 Å². The van der Waals surface area contributed by atoms with Crippen molar-refractivity contribution in [2.24, 2.45) is 14.1 Å². The second-order valence-corrected chi connectivity index (χ2v) is 4.94. The minimum Gasteiger partial charge on any atom is -0.469 e. The highest BCUT2D eigenvalue weighted by Crippen LogP contribution is 2.04. The summed E-state index contributed by atoms with van der Waals surface area (Å²) in [4.78, 5) is 23.4. The van der Waals surface area contributed by atoms with Crippen LogP contribution in [-0.4, -0.2) is 15.2 Å². The number of hydrogen-bond donors (Lipinski definition) is 1. The lowest BCUT2D eigenvalue weighted by Gasteiger charge is -2.14. The fourth-order valence-electron chi connectivity index (χ4n) is 2.03. The van der Waals surface area contributed by atoms with Crippen molar-refractivity contribution in [3.05, 3.63) is 56.8 Å². The molecular weight excluding hydrogens is 258 g/mol. The molecule has 0 spiro atoms. The molecule has 2 aromatic heterocycles. The predicted molar refractivity (Wildman–Crippen MR) is 75.6 cm³/mol. The molecule has 0 saturated carbocycles. The van der Waals surface area contributed by atoms with E-state index >= 15 is 0 Å². The Kier molecular flexibility index (Phi) is 4.24. The lowest BCUT2D eigenvalue weighted by Crippen LogP contribution is -2.40. The standard InChI is InChI=1S/C14H19N3O3/c1-10(7-12-5-4-6-20-12)15-9-11-8-13(18)17(3)14(19)16(11)2/h4-6,8,10,15H,7,9H2,1-3H3. The van der Waals surface area contributed by atoms with Crippen LogP contribution in [0.3, 0.4) is 0 Å². The number of aromatic nitrogens is 2. The zero-order valence-corrected chi connectivity index (χ0v) is 11.9. The summed E-state index contributed by atoms with van der Waals surface area (Å²) in [6, 6.07) is 5.44. The summed E-state index contributed by atoms with van der Waals surface area (Å²) in [5.74, 6) is 0.905. The van der Waals surface area contributed by atoms with Gasteiger partial charge in [-0.25, -0.2) is 4.79 Å². The van der Waals surface area contributed by atoms with Crippen LogP contribution < -0.4 is 16.6 Å². The Balaban J connectivity index is 2.04. The fraction of sp³-hybridized carbons (Fsp3) is 0.429. The maximum absolute atomic E-state index is 11.8. The number of nitrogens with zero attached hydrogens (tertiary/aromatic N) is 2. The molecule has 1 unspecified atom stereocenters. The Labute approximate surface area is 116 Å². The summed E-state index contributed by atoms with van der Waals surface area (Å²) >= 11 is 0. The van der Waals surface area contributed by atoms with Crippen LogP contribution in [0.2, 0.25) is 0 Å². The van der Waals surface area contributed by atoms with E-state index in [1.54, 1.807) is 13.3 Å². The zero-order valence-electron chi connectivity index (χ0n) is 11.9. The van der Waals surface area contributed by atoms with Gasteiger partial charge in [-0.2, -0.15) is 0 Å². The molecule has 6 nitrogen and oxygen atoms in total. The molecule has 1 atom stereocenters. The molecule has 2 aromatic rings. The van der Waals surface area contributed by atoms with Crippen LogP contribution in [0.5, 0.6) is 0 Å². The molecule has 0 saturated heterocycles. The maximum atomic E-state index is 11.8. The van der Waals surface area contributed by atoms with Crippen LogP contribution in [0.1, 0.15) is 18.4 Å². The van der Waals surface area contributed by atoms with E-state index in [0.717, 1.165) is 16.7 Å². The highest BCUT2D eigenvalue weighted by molar-refractivity contribution is 5.03. The Morgan fingerprint density at radius 1 is 1.30 bits per heavy atom. The van der Waals surface area contributed by atoms with E-state index in [-0.39, 0.29) is 17.3 Å². The highest BCUT2D eigenvalue weighted by atomic mass is 16.3. The fourth-order valence-corrected chi connectivity index (χ4v) is 2.03. The third-order valence-electron chi connectivity index (χ3n) is 3.34. The van der Waals surface area contributed by atoms with E-state index in [1.807, 2.05) is 19.1 Å². The van der Waals surface area contributed by atoms with Crippen molar-refractivity contribution >= 4 is 0 Å². The Morgan fingerprint density at radius 3 is 2.70 bits per heavy atom. The average molecular weight is 277 g/mol. The molecular formula is C14H19N3O3. The molecule has 0 bridgehead atoms. The summed E-state index contributed by atoms with van der Waals surface area (Å²) in [5.41, 5.74) is 0.0703. The van der Waals surface area contributed by atoms with Crippen molar-refractivity contribution in [2.75, 3.05) is 0 Å². The first-order valence-electron chi connectivity index (χ1n) is 6.50. The summed E-state index contributed by atoms with van der Waals surface area (Å²) in [5, 5.41) is 3.28. The molecule has 6 heteroatoms. The van der Waals surface area contributed by atoms with Gasteiger partial charge in [0.1, 0.15) is 5.76 Å². The van der Waals surface area contributed by atoms with E-state index in [9.17, 15) is 9.59 Å². The van der Waals surface area contributed by atoms with Crippen molar-refractivity contribution in [2.45, 2.75) is 25.9 Å². The maximum Gasteiger partial charge on any atom is 0.330 e. The van der Waals surface area contributed by atoms with Crippen molar-refractivity contribution in [3.8, 4) is 0 Å². The summed E-state index contributed by atoms with van der Waals surface area (Å²) in [7, 11) is 3.14. The first-order valence-corrected chi connectivity index (χ1v) is 6.50. The van der Waals surface area contributed by atoms with Gasteiger partial charge in [0.2, 0.25) is 0 Å². The molecule has 0 fully saturated rings. The summed E-state index contributed by atoms with van der Waals surface area (Å²) in [6.07, 6.45) is 2.40. The predicted octanol–water partition coefficient (Wildman–Crippen LogP) is 0.398. The molecule has 108 valence electrons. The zero-order chi connectivity index (χ0) is 14.7. The van der Waals surface area contributed by atoms with E-state index in [0.29, 0.717) is 12.2 Å². The molecule has 0 aliphatic rings. The Hall–Kier alpha value is -2.08. The van der Waals surface area contributed by atoms with Crippen molar-refractivity contribution in [3.63, 3.8) is 0 Å². The summed E-state index contributed by atoms with van der Waals surface area (Å²) in [6.45, 7) is 2.49.